The molecule has 29 heavy (non-hydrogen) atoms. The van der Waals surface area contributed by atoms with Gasteiger partial charge in [0.15, 0.2) is 10.9 Å². The van der Waals surface area contributed by atoms with Gasteiger partial charge in [0.2, 0.25) is 0 Å². The number of halogens is 1. The van der Waals surface area contributed by atoms with E-state index in [4.69, 9.17) is 16.3 Å². The number of aromatic nitrogens is 2. The van der Waals surface area contributed by atoms with E-state index in [2.05, 4.69) is 9.97 Å². The van der Waals surface area contributed by atoms with Gasteiger partial charge in [0, 0.05) is 13.1 Å². The molecule has 3 rings (SSSR count). The van der Waals surface area contributed by atoms with Crippen LogP contribution in [0.2, 0.25) is 5.02 Å². The molecule has 0 fully saturated rings. The Labute approximate surface area is 180 Å². The van der Waals surface area contributed by atoms with Crippen molar-refractivity contribution >= 4 is 29.3 Å². The Bertz CT molecular complexity index is 952. The minimum atomic E-state index is -0.231. The number of carbonyl (C=O) groups is 1. The van der Waals surface area contributed by atoms with Crippen molar-refractivity contribution in [2.45, 2.75) is 25.2 Å². The highest BCUT2D eigenvalue weighted by molar-refractivity contribution is 7.98. The summed E-state index contributed by atoms with van der Waals surface area (Å²) in [6.45, 7) is 3.43. The van der Waals surface area contributed by atoms with Gasteiger partial charge in [-0.1, -0.05) is 65.8 Å². The molecule has 0 aliphatic carbocycles. The van der Waals surface area contributed by atoms with Crippen LogP contribution in [0.25, 0.3) is 0 Å². The van der Waals surface area contributed by atoms with Gasteiger partial charge in [0.1, 0.15) is 5.75 Å². The zero-order valence-electron chi connectivity index (χ0n) is 16.3. The molecule has 2 aromatic carbocycles. The Morgan fingerprint density at radius 3 is 2.34 bits per heavy atom. The number of hydrogen-bond donors (Lipinski definition) is 0. The van der Waals surface area contributed by atoms with E-state index in [0.29, 0.717) is 24.9 Å². The fourth-order valence-corrected chi connectivity index (χ4v) is 3.34. The van der Waals surface area contributed by atoms with Crippen molar-refractivity contribution in [3.8, 4) is 5.75 Å². The molecule has 0 saturated heterocycles. The lowest BCUT2D eigenvalue weighted by molar-refractivity contribution is 0.0723. The molecule has 0 aliphatic rings. The molecule has 1 heterocycles. The number of ether oxygens (including phenoxy) is 1. The largest absolute Gasteiger partial charge is 0.494 e. The maximum absolute atomic E-state index is 13.3. The molecule has 1 aromatic heterocycles. The number of nitrogens with zero attached hydrogens (tertiary/aromatic N) is 3. The van der Waals surface area contributed by atoms with Crippen molar-refractivity contribution in [1.29, 1.82) is 0 Å². The highest BCUT2D eigenvalue weighted by atomic mass is 35.5. The first-order valence-electron chi connectivity index (χ1n) is 9.22. The van der Waals surface area contributed by atoms with E-state index in [1.54, 1.807) is 4.90 Å². The van der Waals surface area contributed by atoms with Gasteiger partial charge in [-0.15, -0.1) is 0 Å². The first-order valence-corrected chi connectivity index (χ1v) is 10.8. The van der Waals surface area contributed by atoms with Crippen LogP contribution < -0.4 is 4.74 Å². The fourth-order valence-electron chi connectivity index (χ4n) is 2.83. The number of amides is 1. The topological polar surface area (TPSA) is 55.3 Å². The summed E-state index contributed by atoms with van der Waals surface area (Å²) in [7, 11) is 0. The second-order valence-electron chi connectivity index (χ2n) is 6.28. The van der Waals surface area contributed by atoms with Crippen LogP contribution in [0.15, 0.2) is 66.0 Å². The van der Waals surface area contributed by atoms with E-state index in [0.717, 1.165) is 16.9 Å². The van der Waals surface area contributed by atoms with Gasteiger partial charge in [0.05, 0.1) is 17.8 Å². The predicted molar refractivity (Wildman–Crippen MR) is 116 cm³/mol. The zero-order valence-corrected chi connectivity index (χ0v) is 17.9. The quantitative estimate of drug-likeness (QED) is 0.370. The number of thioether (sulfide) groups is 1. The number of carbonyl (C=O) groups excluding carboxylic acids is 1. The Hall–Kier alpha value is -2.57. The average Bonchev–Trinajstić information content (AvgIpc) is 2.75. The third kappa shape index (κ3) is 5.71. The average molecular weight is 428 g/mol. The van der Waals surface area contributed by atoms with E-state index in [1.807, 2.05) is 67.8 Å². The fraction of sp³-hybridized carbons (Fsp3) is 0.227. The van der Waals surface area contributed by atoms with Crippen molar-refractivity contribution in [2.75, 3.05) is 12.9 Å². The summed E-state index contributed by atoms with van der Waals surface area (Å²) < 4.78 is 5.50. The Kier molecular flexibility index (Phi) is 7.49. The first kappa shape index (κ1) is 21.1. The molecule has 150 valence electrons. The highest BCUT2D eigenvalue weighted by Gasteiger charge is 2.22. The first-order chi connectivity index (χ1) is 14.1. The zero-order chi connectivity index (χ0) is 20.6. The minimum Gasteiger partial charge on any atom is -0.494 e. The highest BCUT2D eigenvalue weighted by Crippen LogP contribution is 2.21. The molecular weight excluding hydrogens is 406 g/mol. The predicted octanol–water partition coefficient (Wildman–Crippen LogP) is 5.09. The van der Waals surface area contributed by atoms with Crippen molar-refractivity contribution in [2.24, 2.45) is 0 Å². The molecule has 0 atom stereocenters. The Balaban J connectivity index is 1.89. The second-order valence-corrected chi connectivity index (χ2v) is 7.46. The number of rotatable bonds is 8. The normalized spacial score (nSPS) is 10.6. The van der Waals surface area contributed by atoms with Crippen LogP contribution in [0, 0.1) is 0 Å². The monoisotopic (exact) mass is 427 g/mol. The van der Waals surface area contributed by atoms with Gasteiger partial charge in [-0.25, -0.2) is 9.97 Å². The molecule has 0 radical (unpaired) electrons. The Morgan fingerprint density at radius 1 is 1.07 bits per heavy atom. The van der Waals surface area contributed by atoms with Gasteiger partial charge < -0.3 is 9.64 Å². The second kappa shape index (κ2) is 10.3. The van der Waals surface area contributed by atoms with Crippen molar-refractivity contribution < 1.29 is 9.53 Å². The lowest BCUT2D eigenvalue weighted by atomic mass is 10.1. The summed E-state index contributed by atoms with van der Waals surface area (Å²) in [6.07, 6.45) is 3.34. The minimum absolute atomic E-state index is 0.216. The molecule has 1 amide bonds. The summed E-state index contributed by atoms with van der Waals surface area (Å²) in [4.78, 5) is 23.5. The summed E-state index contributed by atoms with van der Waals surface area (Å²) >= 11 is 7.62. The summed E-state index contributed by atoms with van der Waals surface area (Å²) in [5.74, 6) is 0.575. The van der Waals surface area contributed by atoms with Gasteiger partial charge in [-0.3, -0.25) is 4.79 Å². The third-order valence-electron chi connectivity index (χ3n) is 4.22. The lowest BCUT2D eigenvalue weighted by Crippen LogP contribution is -2.31. The smallest absolute Gasteiger partial charge is 0.274 e. The molecule has 3 aromatic rings. The third-order valence-corrected chi connectivity index (χ3v) is 5.06. The summed E-state index contributed by atoms with van der Waals surface area (Å²) in [6, 6.07) is 17.6. The molecule has 0 aliphatic heterocycles. The van der Waals surface area contributed by atoms with Gasteiger partial charge in [-0.2, -0.15) is 0 Å². The summed E-state index contributed by atoms with van der Waals surface area (Å²) in [5, 5.41) is 0.760. The van der Waals surface area contributed by atoms with E-state index < -0.39 is 0 Å². The SMILES string of the molecule is CCOc1ccc(CN(Cc2ccccc2)C(=O)c2nc(SC)ncc2Cl)cc1. The molecular formula is C22H22ClN3O2S. The van der Waals surface area contributed by atoms with Crippen LogP contribution in [0.5, 0.6) is 5.75 Å². The van der Waals surface area contributed by atoms with E-state index in [9.17, 15) is 4.79 Å². The van der Waals surface area contributed by atoms with Crippen molar-refractivity contribution in [1.82, 2.24) is 14.9 Å². The van der Waals surface area contributed by atoms with Gasteiger partial charge in [-0.05, 0) is 36.4 Å². The van der Waals surface area contributed by atoms with E-state index in [1.165, 1.54) is 18.0 Å². The standard InChI is InChI=1S/C22H22ClN3O2S/c1-3-28-18-11-9-17(10-12-18)15-26(14-16-7-5-4-6-8-16)21(27)20-19(23)13-24-22(25-20)29-2/h4-13H,3,14-15H2,1-2H3. The van der Waals surface area contributed by atoms with Crippen molar-refractivity contribution in [3.05, 3.63) is 82.6 Å². The lowest BCUT2D eigenvalue weighted by Gasteiger charge is -2.23. The molecule has 7 heteroatoms. The van der Waals surface area contributed by atoms with E-state index in [-0.39, 0.29) is 16.6 Å². The molecule has 0 bridgehead atoms. The molecule has 0 saturated carbocycles. The molecule has 0 spiro atoms. The van der Waals surface area contributed by atoms with Crippen LogP contribution in [-0.2, 0) is 13.1 Å². The maximum atomic E-state index is 13.3. The van der Waals surface area contributed by atoms with Crippen molar-refractivity contribution in [3.63, 3.8) is 0 Å². The van der Waals surface area contributed by atoms with Crippen LogP contribution in [0.1, 0.15) is 28.5 Å². The Morgan fingerprint density at radius 2 is 1.72 bits per heavy atom. The van der Waals surface area contributed by atoms with Gasteiger partial charge in [0.25, 0.3) is 5.91 Å². The van der Waals surface area contributed by atoms with Crippen LogP contribution in [-0.4, -0.2) is 33.6 Å². The van der Waals surface area contributed by atoms with Gasteiger partial charge >= 0.3 is 0 Å². The molecule has 0 N–H and O–H groups in total. The number of hydrogen-bond acceptors (Lipinski definition) is 5. The van der Waals surface area contributed by atoms with Crippen LogP contribution in [0.3, 0.4) is 0 Å². The molecule has 5 nitrogen and oxygen atoms in total. The van der Waals surface area contributed by atoms with Crippen LogP contribution >= 0.6 is 23.4 Å². The number of benzene rings is 2. The molecule has 0 unspecified atom stereocenters. The van der Waals surface area contributed by atoms with Crippen LogP contribution in [0.4, 0.5) is 0 Å². The maximum Gasteiger partial charge on any atom is 0.274 e. The summed E-state index contributed by atoms with van der Waals surface area (Å²) in [5.41, 5.74) is 2.24. The van der Waals surface area contributed by atoms with E-state index >= 15 is 0 Å².